The van der Waals surface area contributed by atoms with E-state index in [0.717, 1.165) is 12.5 Å². The summed E-state index contributed by atoms with van der Waals surface area (Å²) in [5.41, 5.74) is 2.73. The van der Waals surface area contributed by atoms with Crippen molar-refractivity contribution in [2.24, 2.45) is 5.92 Å². The minimum absolute atomic E-state index is 0.441. The van der Waals surface area contributed by atoms with Gasteiger partial charge in [0.05, 0.1) is 0 Å². The normalized spacial score (nSPS) is 26.3. The topological polar surface area (TPSA) is 15.3 Å². The van der Waals surface area contributed by atoms with E-state index in [9.17, 15) is 0 Å². The second-order valence-corrected chi connectivity index (χ2v) is 6.23. The molecule has 1 saturated heterocycles. The fraction of sp³-hybridized carbons (Fsp3) is 0.647. The Morgan fingerprint density at radius 3 is 2.53 bits per heavy atom. The molecule has 1 heterocycles. The van der Waals surface area contributed by atoms with Crippen LogP contribution in [0.5, 0.6) is 0 Å². The van der Waals surface area contributed by atoms with Gasteiger partial charge in [0.1, 0.15) is 0 Å². The molecule has 1 fully saturated rings. The number of aryl methyl sites for hydroxylation is 1. The number of benzene rings is 1. The minimum Gasteiger partial charge on any atom is -0.312 e. The molecular weight excluding hydrogens is 232 g/mol. The van der Waals surface area contributed by atoms with Gasteiger partial charge >= 0.3 is 0 Å². The highest BCUT2D eigenvalue weighted by atomic mass is 15.2. The zero-order chi connectivity index (χ0) is 13.8. The first-order valence-electron chi connectivity index (χ1n) is 7.58. The third-order valence-electron chi connectivity index (χ3n) is 4.52. The molecule has 1 aliphatic heterocycles. The molecule has 0 bridgehead atoms. The van der Waals surface area contributed by atoms with E-state index in [0.29, 0.717) is 12.1 Å². The lowest BCUT2D eigenvalue weighted by Crippen LogP contribution is -2.44. The van der Waals surface area contributed by atoms with Crippen molar-refractivity contribution in [3.63, 3.8) is 0 Å². The summed E-state index contributed by atoms with van der Waals surface area (Å²) in [6.45, 7) is 9.26. The Labute approximate surface area is 118 Å². The van der Waals surface area contributed by atoms with Gasteiger partial charge in [0.25, 0.3) is 0 Å². The molecule has 2 heteroatoms. The fourth-order valence-corrected chi connectivity index (χ4v) is 3.12. The monoisotopic (exact) mass is 260 g/mol. The fourth-order valence-electron chi connectivity index (χ4n) is 3.12. The molecule has 0 aliphatic carbocycles. The zero-order valence-electron chi connectivity index (χ0n) is 12.8. The Bertz CT molecular complexity index is 385. The van der Waals surface area contributed by atoms with Crippen molar-refractivity contribution in [1.82, 2.24) is 10.2 Å². The Balaban J connectivity index is 2.01. The SMILES string of the molecule is CNC(CN1CCC(C)CC1C)c1ccc(C)cc1. The Hall–Kier alpha value is -0.860. The average molecular weight is 260 g/mol. The highest BCUT2D eigenvalue weighted by Crippen LogP contribution is 2.24. The maximum Gasteiger partial charge on any atom is 0.0446 e. The molecule has 0 saturated carbocycles. The largest absolute Gasteiger partial charge is 0.312 e. The van der Waals surface area contributed by atoms with Crippen molar-refractivity contribution in [2.75, 3.05) is 20.1 Å². The van der Waals surface area contributed by atoms with Gasteiger partial charge in [-0.15, -0.1) is 0 Å². The number of nitrogens with one attached hydrogen (secondary N) is 1. The number of nitrogens with zero attached hydrogens (tertiary/aromatic N) is 1. The Morgan fingerprint density at radius 2 is 1.95 bits per heavy atom. The van der Waals surface area contributed by atoms with Gasteiger partial charge in [-0.1, -0.05) is 36.8 Å². The summed E-state index contributed by atoms with van der Waals surface area (Å²) in [5.74, 6) is 0.888. The molecule has 2 nitrogen and oxygen atoms in total. The molecule has 0 amide bonds. The maximum absolute atomic E-state index is 3.48. The van der Waals surface area contributed by atoms with E-state index >= 15 is 0 Å². The predicted molar refractivity (Wildman–Crippen MR) is 82.4 cm³/mol. The standard InChI is InChI=1S/C17H28N2/c1-13-5-7-16(8-6-13)17(18-4)12-19-10-9-14(2)11-15(19)3/h5-8,14-15,17-18H,9-12H2,1-4H3. The quantitative estimate of drug-likeness (QED) is 0.893. The number of likely N-dealkylation sites (tertiary alicyclic amines) is 1. The molecule has 2 rings (SSSR count). The minimum atomic E-state index is 0.441. The first-order valence-corrected chi connectivity index (χ1v) is 7.58. The molecule has 3 atom stereocenters. The Kier molecular flexibility index (Phi) is 5.00. The molecule has 19 heavy (non-hydrogen) atoms. The number of piperidine rings is 1. The zero-order valence-corrected chi connectivity index (χ0v) is 12.8. The number of rotatable bonds is 4. The molecule has 1 aromatic carbocycles. The van der Waals surface area contributed by atoms with Crippen LogP contribution in [0, 0.1) is 12.8 Å². The lowest BCUT2D eigenvalue weighted by atomic mass is 9.92. The van der Waals surface area contributed by atoms with Crippen LogP contribution < -0.4 is 5.32 Å². The predicted octanol–water partition coefficient (Wildman–Crippen LogP) is 3.38. The van der Waals surface area contributed by atoms with Gasteiger partial charge in [0.2, 0.25) is 0 Å². The van der Waals surface area contributed by atoms with Crippen LogP contribution in [0.4, 0.5) is 0 Å². The highest BCUT2D eigenvalue weighted by molar-refractivity contribution is 5.24. The van der Waals surface area contributed by atoms with Crippen LogP contribution in [0.15, 0.2) is 24.3 Å². The van der Waals surface area contributed by atoms with E-state index in [4.69, 9.17) is 0 Å². The summed E-state index contributed by atoms with van der Waals surface area (Å²) in [4.78, 5) is 2.64. The maximum atomic E-state index is 3.48. The van der Waals surface area contributed by atoms with Gasteiger partial charge in [0, 0.05) is 18.6 Å². The highest BCUT2D eigenvalue weighted by Gasteiger charge is 2.25. The number of hydrogen-bond acceptors (Lipinski definition) is 2. The van der Waals surface area contributed by atoms with Crippen LogP contribution in [0.1, 0.15) is 43.9 Å². The molecule has 3 unspecified atom stereocenters. The van der Waals surface area contributed by atoms with Crippen LogP contribution >= 0.6 is 0 Å². The molecule has 0 spiro atoms. The molecular formula is C17H28N2. The molecule has 0 radical (unpaired) electrons. The van der Waals surface area contributed by atoms with E-state index in [1.54, 1.807) is 0 Å². The number of likely N-dealkylation sites (N-methyl/N-ethyl adjacent to an activating group) is 1. The second-order valence-electron chi connectivity index (χ2n) is 6.23. The van der Waals surface area contributed by atoms with E-state index in [-0.39, 0.29) is 0 Å². The smallest absolute Gasteiger partial charge is 0.0446 e. The number of hydrogen-bond donors (Lipinski definition) is 1. The van der Waals surface area contributed by atoms with Gasteiger partial charge in [0.15, 0.2) is 0 Å². The molecule has 1 aliphatic rings. The van der Waals surface area contributed by atoms with Crippen molar-refractivity contribution in [2.45, 2.75) is 45.7 Å². The van der Waals surface area contributed by atoms with Crippen molar-refractivity contribution in [1.29, 1.82) is 0 Å². The van der Waals surface area contributed by atoms with E-state index < -0.39 is 0 Å². The summed E-state index contributed by atoms with van der Waals surface area (Å²) in [7, 11) is 2.07. The van der Waals surface area contributed by atoms with Gasteiger partial charge in [-0.3, -0.25) is 4.90 Å². The van der Waals surface area contributed by atoms with Crippen molar-refractivity contribution < 1.29 is 0 Å². The van der Waals surface area contributed by atoms with Crippen LogP contribution in [0.2, 0.25) is 0 Å². The summed E-state index contributed by atoms with van der Waals surface area (Å²) >= 11 is 0. The average Bonchev–Trinajstić information content (AvgIpc) is 2.39. The van der Waals surface area contributed by atoms with Crippen LogP contribution in [-0.4, -0.2) is 31.1 Å². The summed E-state index contributed by atoms with van der Waals surface area (Å²) in [5, 5.41) is 3.48. The Morgan fingerprint density at radius 1 is 1.26 bits per heavy atom. The van der Waals surface area contributed by atoms with Crippen LogP contribution in [0.3, 0.4) is 0 Å². The first kappa shape index (κ1) is 14.5. The first-order chi connectivity index (χ1) is 9.10. The van der Waals surface area contributed by atoms with E-state index in [2.05, 4.69) is 62.3 Å². The van der Waals surface area contributed by atoms with Crippen molar-refractivity contribution in [3.05, 3.63) is 35.4 Å². The third-order valence-corrected chi connectivity index (χ3v) is 4.52. The summed E-state index contributed by atoms with van der Waals surface area (Å²) in [6, 6.07) is 10.1. The van der Waals surface area contributed by atoms with Crippen LogP contribution in [0.25, 0.3) is 0 Å². The lowest BCUT2D eigenvalue weighted by molar-refractivity contribution is 0.118. The van der Waals surface area contributed by atoms with Gasteiger partial charge in [-0.2, -0.15) is 0 Å². The lowest BCUT2D eigenvalue weighted by Gasteiger charge is -2.38. The molecule has 106 valence electrons. The van der Waals surface area contributed by atoms with Gasteiger partial charge < -0.3 is 5.32 Å². The van der Waals surface area contributed by atoms with Crippen molar-refractivity contribution in [3.8, 4) is 0 Å². The van der Waals surface area contributed by atoms with Gasteiger partial charge in [-0.05, 0) is 51.8 Å². The second kappa shape index (κ2) is 6.53. The molecule has 1 aromatic rings. The summed E-state index contributed by atoms with van der Waals surface area (Å²) < 4.78 is 0. The van der Waals surface area contributed by atoms with Crippen molar-refractivity contribution >= 4 is 0 Å². The molecule has 0 aromatic heterocycles. The van der Waals surface area contributed by atoms with E-state index in [1.807, 2.05) is 0 Å². The van der Waals surface area contributed by atoms with Gasteiger partial charge in [-0.25, -0.2) is 0 Å². The molecule has 1 N–H and O–H groups in total. The summed E-state index contributed by atoms with van der Waals surface area (Å²) in [6.07, 6.45) is 2.68. The third kappa shape index (κ3) is 3.80. The van der Waals surface area contributed by atoms with E-state index in [1.165, 1.54) is 30.5 Å². The van der Waals surface area contributed by atoms with Crippen LogP contribution in [-0.2, 0) is 0 Å².